The predicted molar refractivity (Wildman–Crippen MR) is 60.3 cm³/mol. The lowest BCUT2D eigenvalue weighted by molar-refractivity contribution is -0.135. The van der Waals surface area contributed by atoms with Gasteiger partial charge in [0, 0.05) is 13.6 Å². The molecule has 1 rings (SSSR count). The Morgan fingerprint density at radius 2 is 2.12 bits per heavy atom. The summed E-state index contributed by atoms with van der Waals surface area (Å²) in [4.78, 5) is 13.5. The van der Waals surface area contributed by atoms with Crippen LogP contribution in [0.2, 0.25) is 0 Å². The molecule has 0 spiro atoms. The van der Waals surface area contributed by atoms with Gasteiger partial charge >= 0.3 is 0 Å². The second kappa shape index (κ2) is 5.31. The molecule has 0 radical (unpaired) electrons. The maximum Gasteiger partial charge on any atom is 0.239 e. The van der Waals surface area contributed by atoms with Crippen LogP contribution in [-0.2, 0) is 4.79 Å². The number of amides is 1. The van der Waals surface area contributed by atoms with Crippen molar-refractivity contribution < 1.29 is 9.90 Å². The van der Waals surface area contributed by atoms with E-state index in [1.54, 1.807) is 11.9 Å². The van der Waals surface area contributed by atoms with E-state index in [1.807, 2.05) is 13.8 Å². The van der Waals surface area contributed by atoms with Crippen LogP contribution >= 0.6 is 0 Å². The maximum absolute atomic E-state index is 11.9. The molecule has 0 aromatic rings. The molecule has 1 amide bonds. The van der Waals surface area contributed by atoms with Crippen molar-refractivity contribution in [2.24, 2.45) is 17.8 Å². The topological polar surface area (TPSA) is 64.3 Å². The summed E-state index contributed by atoms with van der Waals surface area (Å²) >= 11 is 0. The number of aliphatic hydroxyl groups is 1. The molecule has 0 heterocycles. The van der Waals surface area contributed by atoms with E-state index in [9.17, 15) is 4.79 Å². The van der Waals surface area contributed by atoms with E-state index in [0.29, 0.717) is 12.5 Å². The molecule has 0 saturated heterocycles. The highest BCUT2D eigenvalue weighted by Crippen LogP contribution is 2.28. The van der Waals surface area contributed by atoms with Crippen LogP contribution in [-0.4, -0.2) is 35.6 Å². The molecule has 0 aliphatic heterocycles. The third kappa shape index (κ3) is 2.96. The Kier molecular flexibility index (Phi) is 4.31. The van der Waals surface area contributed by atoms with Gasteiger partial charge in [-0.2, -0.15) is 5.26 Å². The van der Waals surface area contributed by atoms with E-state index in [0.717, 1.165) is 12.8 Å². The standard InChI is InChI=1S/C12H20N2O2/c1-8(2)11(6-13)12(16)14(3)7-9-4-10(15)5-9/h8-11,15H,4-5,7H2,1-3H3. The number of carbonyl (C=O) groups is 1. The van der Waals surface area contributed by atoms with Crippen LogP contribution in [0.1, 0.15) is 26.7 Å². The molecule has 0 bridgehead atoms. The van der Waals surface area contributed by atoms with Crippen LogP contribution in [0.3, 0.4) is 0 Å². The Hall–Kier alpha value is -1.08. The molecule has 1 aliphatic rings. The monoisotopic (exact) mass is 224 g/mol. The van der Waals surface area contributed by atoms with Gasteiger partial charge in [-0.15, -0.1) is 0 Å². The third-order valence-corrected chi connectivity index (χ3v) is 3.19. The van der Waals surface area contributed by atoms with Gasteiger partial charge in [0.2, 0.25) is 5.91 Å². The zero-order chi connectivity index (χ0) is 12.3. The van der Waals surface area contributed by atoms with E-state index in [4.69, 9.17) is 10.4 Å². The third-order valence-electron chi connectivity index (χ3n) is 3.19. The van der Waals surface area contributed by atoms with Gasteiger partial charge in [-0.25, -0.2) is 0 Å². The lowest BCUT2D eigenvalue weighted by Crippen LogP contribution is -2.42. The second-order valence-electron chi connectivity index (χ2n) is 5.06. The Bertz CT molecular complexity index is 290. The summed E-state index contributed by atoms with van der Waals surface area (Å²) in [5.41, 5.74) is 0. The highest BCUT2D eigenvalue weighted by molar-refractivity contribution is 5.81. The van der Waals surface area contributed by atoms with Crippen molar-refractivity contribution in [3.05, 3.63) is 0 Å². The largest absolute Gasteiger partial charge is 0.393 e. The van der Waals surface area contributed by atoms with E-state index < -0.39 is 5.92 Å². The first-order valence-electron chi connectivity index (χ1n) is 5.78. The molecule has 1 fully saturated rings. The van der Waals surface area contributed by atoms with Crippen LogP contribution in [0.15, 0.2) is 0 Å². The minimum Gasteiger partial charge on any atom is -0.393 e. The molecule has 1 unspecified atom stereocenters. The summed E-state index contributed by atoms with van der Waals surface area (Å²) in [5, 5.41) is 18.1. The Labute approximate surface area is 96.9 Å². The summed E-state index contributed by atoms with van der Waals surface area (Å²) in [5.74, 6) is -0.198. The number of nitriles is 1. The predicted octanol–water partition coefficient (Wildman–Crippen LogP) is 1.01. The number of hydrogen-bond acceptors (Lipinski definition) is 3. The van der Waals surface area contributed by atoms with Gasteiger partial charge in [0.1, 0.15) is 5.92 Å². The van der Waals surface area contributed by atoms with Gasteiger partial charge in [-0.1, -0.05) is 13.8 Å². The van der Waals surface area contributed by atoms with E-state index in [-0.39, 0.29) is 17.9 Å². The van der Waals surface area contributed by atoms with Gasteiger partial charge in [-0.3, -0.25) is 4.79 Å². The lowest BCUT2D eigenvalue weighted by atomic mass is 9.82. The molecular formula is C12H20N2O2. The number of aliphatic hydroxyl groups excluding tert-OH is 1. The van der Waals surface area contributed by atoms with Crippen LogP contribution in [0, 0.1) is 29.1 Å². The number of carbonyl (C=O) groups excluding carboxylic acids is 1. The van der Waals surface area contributed by atoms with Crippen molar-refractivity contribution in [3.8, 4) is 6.07 Å². The summed E-state index contributed by atoms with van der Waals surface area (Å²) < 4.78 is 0. The van der Waals surface area contributed by atoms with E-state index >= 15 is 0 Å². The molecule has 0 aromatic heterocycles. The summed E-state index contributed by atoms with van der Waals surface area (Å²) in [7, 11) is 1.74. The molecule has 4 heteroatoms. The van der Waals surface area contributed by atoms with Crippen molar-refractivity contribution in [2.45, 2.75) is 32.8 Å². The molecule has 1 N–H and O–H groups in total. The number of rotatable bonds is 4. The second-order valence-corrected chi connectivity index (χ2v) is 5.06. The summed E-state index contributed by atoms with van der Waals surface area (Å²) in [6.45, 7) is 4.42. The molecule has 1 saturated carbocycles. The lowest BCUT2D eigenvalue weighted by Gasteiger charge is -2.35. The van der Waals surface area contributed by atoms with E-state index in [1.165, 1.54) is 0 Å². The molecular weight excluding hydrogens is 204 g/mol. The first-order valence-corrected chi connectivity index (χ1v) is 5.78. The highest BCUT2D eigenvalue weighted by Gasteiger charge is 2.31. The van der Waals surface area contributed by atoms with Gasteiger partial charge in [0.15, 0.2) is 0 Å². The van der Waals surface area contributed by atoms with Crippen LogP contribution in [0.4, 0.5) is 0 Å². The van der Waals surface area contributed by atoms with Crippen LogP contribution < -0.4 is 0 Å². The van der Waals surface area contributed by atoms with Gasteiger partial charge in [-0.05, 0) is 24.7 Å². The number of nitrogens with zero attached hydrogens (tertiary/aromatic N) is 2. The zero-order valence-electron chi connectivity index (χ0n) is 10.2. The SMILES string of the molecule is CC(C)C(C#N)C(=O)N(C)CC1CC(O)C1. The molecule has 0 aromatic carbocycles. The molecule has 1 atom stereocenters. The molecule has 4 nitrogen and oxygen atoms in total. The minimum absolute atomic E-state index is 0.0481. The van der Waals surface area contributed by atoms with Crippen molar-refractivity contribution in [2.75, 3.05) is 13.6 Å². The molecule has 16 heavy (non-hydrogen) atoms. The fourth-order valence-electron chi connectivity index (χ4n) is 2.05. The van der Waals surface area contributed by atoms with E-state index in [2.05, 4.69) is 6.07 Å². The smallest absolute Gasteiger partial charge is 0.239 e. The average Bonchev–Trinajstić information content (AvgIpc) is 2.15. The molecule has 90 valence electrons. The first kappa shape index (κ1) is 13.0. The first-order chi connectivity index (χ1) is 7.45. The zero-order valence-corrected chi connectivity index (χ0v) is 10.2. The van der Waals surface area contributed by atoms with Crippen molar-refractivity contribution >= 4 is 5.91 Å². The fourth-order valence-corrected chi connectivity index (χ4v) is 2.05. The van der Waals surface area contributed by atoms with Crippen LogP contribution in [0.25, 0.3) is 0 Å². The minimum atomic E-state index is -0.546. The summed E-state index contributed by atoms with van der Waals surface area (Å²) in [6.07, 6.45) is 1.36. The van der Waals surface area contributed by atoms with Crippen molar-refractivity contribution in [1.29, 1.82) is 5.26 Å². The van der Waals surface area contributed by atoms with Crippen molar-refractivity contribution in [3.63, 3.8) is 0 Å². The van der Waals surface area contributed by atoms with Gasteiger partial charge in [0.05, 0.1) is 12.2 Å². The Morgan fingerprint density at radius 1 is 1.56 bits per heavy atom. The molecule has 1 aliphatic carbocycles. The van der Waals surface area contributed by atoms with Gasteiger partial charge in [0.25, 0.3) is 0 Å². The fraction of sp³-hybridized carbons (Fsp3) is 0.833. The summed E-state index contributed by atoms with van der Waals surface area (Å²) in [6, 6.07) is 2.06. The highest BCUT2D eigenvalue weighted by atomic mass is 16.3. The van der Waals surface area contributed by atoms with Crippen molar-refractivity contribution in [1.82, 2.24) is 4.90 Å². The van der Waals surface area contributed by atoms with Gasteiger partial charge < -0.3 is 10.0 Å². The average molecular weight is 224 g/mol. The quantitative estimate of drug-likeness (QED) is 0.775. The Balaban J connectivity index is 2.44. The Morgan fingerprint density at radius 3 is 2.50 bits per heavy atom. The normalized spacial score (nSPS) is 25.8. The number of hydrogen-bond donors (Lipinski definition) is 1. The maximum atomic E-state index is 11.9. The van der Waals surface area contributed by atoms with Crippen LogP contribution in [0.5, 0.6) is 0 Å².